The minimum absolute atomic E-state index is 0.374. The van der Waals surface area contributed by atoms with Gasteiger partial charge in [-0.25, -0.2) is 4.79 Å². The van der Waals surface area contributed by atoms with E-state index in [9.17, 15) is 14.4 Å². The van der Waals surface area contributed by atoms with Gasteiger partial charge in [0.2, 0.25) is 5.91 Å². The Morgan fingerprint density at radius 3 is 2.67 bits per heavy atom. The quantitative estimate of drug-likeness (QED) is 0.740. The number of hydrogen-bond acceptors (Lipinski definition) is 5. The van der Waals surface area contributed by atoms with Crippen LogP contribution in [0.3, 0.4) is 0 Å². The van der Waals surface area contributed by atoms with Crippen LogP contribution in [0.4, 0.5) is 10.5 Å². The number of amides is 4. The van der Waals surface area contributed by atoms with E-state index < -0.39 is 23.4 Å². The molecule has 0 spiro atoms. The largest absolute Gasteiger partial charge is 0.486 e. The molecule has 8 nitrogen and oxygen atoms in total. The van der Waals surface area contributed by atoms with Crippen LogP contribution in [0.2, 0.25) is 0 Å². The number of carbonyl (C=O) groups is 3. The number of nitrogens with one attached hydrogen (secondary N) is 2. The minimum atomic E-state index is -1.30. The number of rotatable bonds is 5. The zero-order chi connectivity index (χ0) is 21.3. The molecule has 2 heterocycles. The molecular weight excluding hydrogens is 386 g/mol. The smallest absolute Gasteiger partial charge is 0.325 e. The molecule has 0 aliphatic carbocycles. The summed E-state index contributed by atoms with van der Waals surface area (Å²) < 4.78 is 11.1. The monoisotopic (exact) mass is 409 g/mol. The van der Waals surface area contributed by atoms with Gasteiger partial charge in [0.25, 0.3) is 5.91 Å². The van der Waals surface area contributed by atoms with E-state index in [0.717, 1.165) is 16.9 Å². The van der Waals surface area contributed by atoms with Crippen LogP contribution >= 0.6 is 0 Å². The molecule has 1 atom stereocenters. The lowest BCUT2D eigenvalue weighted by Gasteiger charge is -2.25. The van der Waals surface area contributed by atoms with E-state index >= 15 is 0 Å². The Kier molecular flexibility index (Phi) is 5.07. The molecule has 0 bridgehead atoms. The highest BCUT2D eigenvalue weighted by Gasteiger charge is 2.49. The number of urea groups is 1. The van der Waals surface area contributed by atoms with E-state index in [2.05, 4.69) is 10.6 Å². The maximum Gasteiger partial charge on any atom is 0.325 e. The summed E-state index contributed by atoms with van der Waals surface area (Å²) in [5.74, 6) is 0.171. The fourth-order valence-electron chi connectivity index (χ4n) is 3.60. The third-order valence-corrected chi connectivity index (χ3v) is 5.32. The van der Waals surface area contributed by atoms with Crippen molar-refractivity contribution in [3.63, 3.8) is 0 Å². The summed E-state index contributed by atoms with van der Waals surface area (Å²) in [6, 6.07) is 11.9. The Morgan fingerprint density at radius 1 is 1.13 bits per heavy atom. The molecule has 30 heavy (non-hydrogen) atoms. The maximum atomic E-state index is 13.1. The number of anilines is 1. The Hall–Kier alpha value is -3.55. The number of imide groups is 1. The third kappa shape index (κ3) is 3.56. The lowest BCUT2D eigenvalue weighted by atomic mass is 9.91. The van der Waals surface area contributed by atoms with Crippen molar-refractivity contribution in [2.45, 2.75) is 25.8 Å². The summed E-state index contributed by atoms with van der Waals surface area (Å²) in [5, 5.41) is 5.45. The predicted molar refractivity (Wildman–Crippen MR) is 109 cm³/mol. The van der Waals surface area contributed by atoms with E-state index in [1.54, 1.807) is 31.2 Å². The van der Waals surface area contributed by atoms with Crippen LogP contribution in [-0.4, -0.2) is 42.5 Å². The third-order valence-electron chi connectivity index (χ3n) is 5.32. The molecule has 0 saturated carbocycles. The summed E-state index contributed by atoms with van der Waals surface area (Å²) in [7, 11) is 0. The van der Waals surface area contributed by atoms with Crippen molar-refractivity contribution in [3.8, 4) is 11.5 Å². The molecule has 2 aromatic carbocycles. The molecule has 2 N–H and O–H groups in total. The van der Waals surface area contributed by atoms with Crippen LogP contribution in [0.1, 0.15) is 25.0 Å². The number of carbonyl (C=O) groups excluding carboxylic acids is 3. The highest BCUT2D eigenvalue weighted by atomic mass is 16.6. The van der Waals surface area contributed by atoms with Crippen molar-refractivity contribution in [1.29, 1.82) is 0 Å². The predicted octanol–water partition coefficient (Wildman–Crippen LogP) is 2.43. The van der Waals surface area contributed by atoms with Crippen molar-refractivity contribution in [2.24, 2.45) is 0 Å². The van der Waals surface area contributed by atoms with Gasteiger partial charge in [-0.05, 0) is 48.7 Å². The zero-order valence-corrected chi connectivity index (χ0v) is 16.9. The van der Waals surface area contributed by atoms with Crippen molar-refractivity contribution < 1.29 is 23.9 Å². The van der Waals surface area contributed by atoms with Gasteiger partial charge in [0.05, 0.1) is 0 Å². The van der Waals surface area contributed by atoms with E-state index in [4.69, 9.17) is 9.47 Å². The first-order chi connectivity index (χ1) is 14.4. The molecule has 4 amide bonds. The second-order valence-corrected chi connectivity index (χ2v) is 7.41. The molecule has 0 unspecified atom stereocenters. The zero-order valence-electron chi connectivity index (χ0n) is 16.9. The molecule has 8 heteroatoms. The number of ether oxygens (including phenoxy) is 2. The normalized spacial score (nSPS) is 20.1. The fourth-order valence-corrected chi connectivity index (χ4v) is 3.60. The summed E-state index contributed by atoms with van der Waals surface area (Å²) in [6.07, 6.45) is 0.838. The molecule has 4 rings (SSSR count). The van der Waals surface area contributed by atoms with Gasteiger partial charge < -0.3 is 20.1 Å². The van der Waals surface area contributed by atoms with E-state index in [-0.39, 0.29) is 6.54 Å². The number of hydrogen-bond donors (Lipinski definition) is 2. The fraction of sp³-hybridized carbons (Fsp3) is 0.318. The van der Waals surface area contributed by atoms with Gasteiger partial charge in [0.1, 0.15) is 25.3 Å². The van der Waals surface area contributed by atoms with Gasteiger partial charge in [-0.15, -0.1) is 0 Å². The van der Waals surface area contributed by atoms with Gasteiger partial charge in [-0.3, -0.25) is 14.5 Å². The van der Waals surface area contributed by atoms with Gasteiger partial charge in [0.15, 0.2) is 11.5 Å². The average molecular weight is 409 g/mol. The Morgan fingerprint density at radius 2 is 1.90 bits per heavy atom. The van der Waals surface area contributed by atoms with Crippen molar-refractivity contribution in [3.05, 3.63) is 53.6 Å². The second-order valence-electron chi connectivity index (χ2n) is 7.41. The number of nitrogens with zero attached hydrogens (tertiary/aromatic N) is 1. The van der Waals surface area contributed by atoms with Crippen molar-refractivity contribution in [2.75, 3.05) is 25.1 Å². The van der Waals surface area contributed by atoms with Gasteiger partial charge >= 0.3 is 6.03 Å². The van der Waals surface area contributed by atoms with Crippen LogP contribution in [0, 0.1) is 0 Å². The van der Waals surface area contributed by atoms with Crippen LogP contribution in [0.5, 0.6) is 11.5 Å². The first-order valence-electron chi connectivity index (χ1n) is 9.84. The molecule has 1 saturated heterocycles. The van der Waals surface area contributed by atoms with Gasteiger partial charge in [0, 0.05) is 5.69 Å². The molecule has 0 aromatic heterocycles. The standard InChI is InChI=1S/C22H23N3O5/c1-3-14-5-4-6-16(11-14)23-19(26)13-25-20(27)22(2,24-21(25)28)15-7-8-17-18(12-15)30-10-9-29-17/h4-8,11-12H,3,9-10,13H2,1-2H3,(H,23,26)(H,24,28)/t22-/m0/s1. The highest BCUT2D eigenvalue weighted by Crippen LogP contribution is 2.36. The summed E-state index contributed by atoms with van der Waals surface area (Å²) in [5.41, 5.74) is 0.966. The Labute approximate surface area is 174 Å². The highest BCUT2D eigenvalue weighted by molar-refractivity contribution is 6.10. The van der Waals surface area contributed by atoms with Gasteiger partial charge in [-0.2, -0.15) is 0 Å². The topological polar surface area (TPSA) is 97.0 Å². The number of benzene rings is 2. The van der Waals surface area contributed by atoms with Gasteiger partial charge in [-0.1, -0.05) is 25.1 Å². The SMILES string of the molecule is CCc1cccc(NC(=O)CN2C(=O)N[C@@](C)(c3ccc4c(c3)OCCO4)C2=O)c1. The summed E-state index contributed by atoms with van der Waals surface area (Å²) >= 11 is 0. The molecule has 0 radical (unpaired) electrons. The van der Waals surface area contributed by atoms with E-state index in [0.29, 0.717) is 36.0 Å². The minimum Gasteiger partial charge on any atom is -0.486 e. The number of fused-ring (bicyclic) bond motifs is 1. The molecule has 2 aromatic rings. The second kappa shape index (κ2) is 7.70. The summed E-state index contributed by atoms with van der Waals surface area (Å²) in [4.78, 5) is 39.0. The molecular formula is C22H23N3O5. The van der Waals surface area contributed by atoms with Crippen LogP contribution < -0.4 is 20.1 Å². The van der Waals surface area contributed by atoms with Crippen molar-refractivity contribution in [1.82, 2.24) is 10.2 Å². The van der Waals surface area contributed by atoms with Crippen molar-refractivity contribution >= 4 is 23.5 Å². The Balaban J connectivity index is 1.50. The Bertz CT molecular complexity index is 1020. The first-order valence-corrected chi connectivity index (χ1v) is 9.84. The maximum absolute atomic E-state index is 13.1. The lowest BCUT2D eigenvalue weighted by molar-refractivity contribution is -0.133. The first kappa shape index (κ1) is 19.8. The van der Waals surface area contributed by atoms with E-state index in [1.807, 2.05) is 25.1 Å². The molecule has 2 aliphatic rings. The molecule has 2 aliphatic heterocycles. The average Bonchev–Trinajstić information content (AvgIpc) is 2.97. The molecule has 1 fully saturated rings. The van der Waals surface area contributed by atoms with Crippen LogP contribution in [-0.2, 0) is 21.5 Å². The summed E-state index contributed by atoms with van der Waals surface area (Å²) in [6.45, 7) is 4.14. The number of aryl methyl sites for hydroxylation is 1. The van der Waals surface area contributed by atoms with E-state index in [1.165, 1.54) is 0 Å². The molecule has 156 valence electrons. The van der Waals surface area contributed by atoms with Crippen LogP contribution in [0.25, 0.3) is 0 Å². The van der Waals surface area contributed by atoms with Crippen LogP contribution in [0.15, 0.2) is 42.5 Å². The lowest BCUT2D eigenvalue weighted by Crippen LogP contribution is -2.42.